The zero-order chi connectivity index (χ0) is 14.7. The number of nitrogens with one attached hydrogen (secondary N) is 1. The standard InChI is InChI=1S/C14H10FN3O2/c1-9-2-4-11(7-14(9)18(19)20)17-13-5-3-10(8-16)6-12(13)15/h2-7,17H,1H3. The fourth-order valence-corrected chi connectivity index (χ4v) is 1.73. The lowest BCUT2D eigenvalue weighted by molar-refractivity contribution is -0.385. The normalized spacial score (nSPS) is 9.85. The predicted octanol–water partition coefficient (Wildman–Crippen LogP) is 3.66. The monoisotopic (exact) mass is 271 g/mol. The summed E-state index contributed by atoms with van der Waals surface area (Å²) in [6.45, 7) is 1.63. The number of benzene rings is 2. The number of nitriles is 1. The van der Waals surface area contributed by atoms with Gasteiger partial charge < -0.3 is 5.32 Å². The summed E-state index contributed by atoms with van der Waals surface area (Å²) in [5, 5.41) is 22.3. The van der Waals surface area contributed by atoms with Crippen LogP contribution in [-0.4, -0.2) is 4.92 Å². The largest absolute Gasteiger partial charge is 0.353 e. The highest BCUT2D eigenvalue weighted by Gasteiger charge is 2.12. The highest BCUT2D eigenvalue weighted by Crippen LogP contribution is 2.26. The first kappa shape index (κ1) is 13.5. The smallest absolute Gasteiger partial charge is 0.274 e. The molecular weight excluding hydrogens is 261 g/mol. The average Bonchev–Trinajstić information content (AvgIpc) is 2.42. The molecule has 0 aliphatic heterocycles. The van der Waals surface area contributed by atoms with E-state index in [4.69, 9.17) is 5.26 Å². The van der Waals surface area contributed by atoms with Crippen LogP contribution in [0.25, 0.3) is 0 Å². The fraction of sp³-hybridized carbons (Fsp3) is 0.0714. The molecular formula is C14H10FN3O2. The van der Waals surface area contributed by atoms with Crippen molar-refractivity contribution in [2.24, 2.45) is 0 Å². The number of halogens is 1. The first-order valence-electron chi connectivity index (χ1n) is 5.73. The summed E-state index contributed by atoms with van der Waals surface area (Å²) in [5.74, 6) is -0.590. The van der Waals surface area contributed by atoms with Crippen molar-refractivity contribution in [2.45, 2.75) is 6.92 Å². The Labute approximate surface area is 114 Å². The summed E-state index contributed by atoms with van der Waals surface area (Å²) >= 11 is 0. The molecule has 1 N–H and O–H groups in total. The minimum absolute atomic E-state index is 0.0379. The van der Waals surface area contributed by atoms with Crippen molar-refractivity contribution < 1.29 is 9.31 Å². The highest BCUT2D eigenvalue weighted by atomic mass is 19.1. The molecule has 2 aromatic rings. The number of nitro groups is 1. The van der Waals surface area contributed by atoms with E-state index in [1.807, 2.05) is 6.07 Å². The van der Waals surface area contributed by atoms with Crippen molar-refractivity contribution >= 4 is 17.1 Å². The van der Waals surface area contributed by atoms with E-state index < -0.39 is 10.7 Å². The van der Waals surface area contributed by atoms with Crippen LogP contribution in [0.15, 0.2) is 36.4 Å². The number of hydrogen-bond donors (Lipinski definition) is 1. The Morgan fingerprint density at radius 2 is 2.05 bits per heavy atom. The van der Waals surface area contributed by atoms with Gasteiger partial charge in [-0.25, -0.2) is 4.39 Å². The molecule has 2 rings (SSSR count). The molecule has 0 aliphatic rings. The maximum Gasteiger partial charge on any atom is 0.274 e. The van der Waals surface area contributed by atoms with E-state index in [9.17, 15) is 14.5 Å². The van der Waals surface area contributed by atoms with E-state index >= 15 is 0 Å². The van der Waals surface area contributed by atoms with E-state index in [2.05, 4.69) is 5.32 Å². The molecule has 0 radical (unpaired) electrons. The van der Waals surface area contributed by atoms with Gasteiger partial charge in [0.15, 0.2) is 0 Å². The van der Waals surface area contributed by atoms with E-state index in [0.29, 0.717) is 11.3 Å². The number of nitrogens with zero attached hydrogens (tertiary/aromatic N) is 2. The summed E-state index contributed by atoms with van der Waals surface area (Å²) in [5.41, 5.74) is 1.26. The number of hydrogen-bond acceptors (Lipinski definition) is 4. The van der Waals surface area contributed by atoms with Crippen molar-refractivity contribution in [1.82, 2.24) is 0 Å². The third kappa shape index (κ3) is 2.72. The molecule has 5 nitrogen and oxygen atoms in total. The molecule has 0 bridgehead atoms. The molecule has 0 aliphatic carbocycles. The Balaban J connectivity index is 2.33. The molecule has 0 spiro atoms. The van der Waals surface area contributed by atoms with Gasteiger partial charge in [0.2, 0.25) is 0 Å². The molecule has 2 aromatic carbocycles. The van der Waals surface area contributed by atoms with E-state index in [1.54, 1.807) is 19.1 Å². The number of aryl methyl sites for hydroxylation is 1. The molecule has 0 heterocycles. The van der Waals surface area contributed by atoms with Crippen molar-refractivity contribution in [1.29, 1.82) is 5.26 Å². The molecule has 20 heavy (non-hydrogen) atoms. The van der Waals surface area contributed by atoms with Crippen LogP contribution in [-0.2, 0) is 0 Å². The zero-order valence-electron chi connectivity index (χ0n) is 10.6. The Morgan fingerprint density at radius 3 is 2.65 bits per heavy atom. The molecule has 0 aromatic heterocycles. The summed E-state index contributed by atoms with van der Waals surface area (Å²) < 4.78 is 13.7. The van der Waals surface area contributed by atoms with Crippen molar-refractivity contribution in [3.8, 4) is 6.07 Å². The van der Waals surface area contributed by atoms with E-state index in [0.717, 1.165) is 6.07 Å². The lowest BCUT2D eigenvalue weighted by Crippen LogP contribution is -1.97. The Kier molecular flexibility index (Phi) is 3.62. The number of anilines is 2. The van der Waals surface area contributed by atoms with Crippen LogP contribution in [0.4, 0.5) is 21.5 Å². The third-order valence-corrected chi connectivity index (χ3v) is 2.78. The lowest BCUT2D eigenvalue weighted by Gasteiger charge is -2.08. The van der Waals surface area contributed by atoms with Gasteiger partial charge in [0.1, 0.15) is 5.82 Å². The minimum atomic E-state index is -0.590. The zero-order valence-corrected chi connectivity index (χ0v) is 10.6. The summed E-state index contributed by atoms with van der Waals surface area (Å²) in [7, 11) is 0. The van der Waals surface area contributed by atoms with Gasteiger partial charge >= 0.3 is 0 Å². The fourth-order valence-electron chi connectivity index (χ4n) is 1.73. The maximum atomic E-state index is 13.7. The van der Waals surface area contributed by atoms with Crippen molar-refractivity contribution in [3.05, 3.63) is 63.5 Å². The third-order valence-electron chi connectivity index (χ3n) is 2.78. The molecule has 6 heteroatoms. The SMILES string of the molecule is Cc1ccc(Nc2ccc(C#N)cc2F)cc1[N+](=O)[O-]. The Hall–Kier alpha value is -2.94. The lowest BCUT2D eigenvalue weighted by atomic mass is 10.1. The topological polar surface area (TPSA) is 79.0 Å². The van der Waals surface area contributed by atoms with Crippen LogP contribution in [0.2, 0.25) is 0 Å². The van der Waals surface area contributed by atoms with Gasteiger partial charge in [0.05, 0.1) is 22.2 Å². The average molecular weight is 271 g/mol. The van der Waals surface area contributed by atoms with Crippen molar-refractivity contribution in [2.75, 3.05) is 5.32 Å². The number of nitro benzene ring substituents is 1. The first-order valence-corrected chi connectivity index (χ1v) is 5.73. The number of rotatable bonds is 3. The molecule has 100 valence electrons. The Morgan fingerprint density at radius 1 is 1.30 bits per heavy atom. The van der Waals surface area contributed by atoms with Crippen LogP contribution in [0, 0.1) is 34.2 Å². The second kappa shape index (κ2) is 5.36. The molecule has 0 unspecified atom stereocenters. The maximum absolute atomic E-state index is 13.7. The molecule has 0 atom stereocenters. The molecule has 0 saturated carbocycles. The van der Waals surface area contributed by atoms with Gasteiger partial charge in [-0.2, -0.15) is 5.26 Å². The van der Waals surface area contributed by atoms with Gasteiger partial charge in [-0.3, -0.25) is 10.1 Å². The van der Waals surface area contributed by atoms with Crippen molar-refractivity contribution in [3.63, 3.8) is 0 Å². The minimum Gasteiger partial charge on any atom is -0.353 e. The van der Waals surface area contributed by atoms with E-state index in [1.165, 1.54) is 18.2 Å². The van der Waals surface area contributed by atoms with Gasteiger partial charge in [-0.05, 0) is 31.2 Å². The van der Waals surface area contributed by atoms with Gasteiger partial charge in [0, 0.05) is 17.3 Å². The van der Waals surface area contributed by atoms with Gasteiger partial charge in [-0.1, -0.05) is 6.07 Å². The molecule has 0 fully saturated rings. The second-order valence-corrected chi connectivity index (χ2v) is 4.19. The van der Waals surface area contributed by atoms with Crippen LogP contribution in [0.5, 0.6) is 0 Å². The van der Waals surface area contributed by atoms with Gasteiger partial charge in [0.25, 0.3) is 5.69 Å². The van der Waals surface area contributed by atoms with Gasteiger partial charge in [-0.15, -0.1) is 0 Å². The second-order valence-electron chi connectivity index (χ2n) is 4.19. The Bertz CT molecular complexity index is 723. The first-order chi connectivity index (χ1) is 9.51. The van der Waals surface area contributed by atoms with E-state index in [-0.39, 0.29) is 16.9 Å². The summed E-state index contributed by atoms with van der Waals surface area (Å²) in [4.78, 5) is 10.4. The molecule has 0 amide bonds. The predicted molar refractivity (Wildman–Crippen MR) is 72.2 cm³/mol. The van der Waals surface area contributed by atoms with Crippen LogP contribution >= 0.6 is 0 Å². The summed E-state index contributed by atoms with van der Waals surface area (Å²) in [6.07, 6.45) is 0. The van der Waals surface area contributed by atoms with Crippen LogP contribution < -0.4 is 5.32 Å². The van der Waals surface area contributed by atoms with Crippen LogP contribution in [0.1, 0.15) is 11.1 Å². The quantitative estimate of drug-likeness (QED) is 0.682. The summed E-state index contributed by atoms with van der Waals surface area (Å²) in [6, 6.07) is 10.4. The highest BCUT2D eigenvalue weighted by molar-refractivity contribution is 5.64. The van der Waals surface area contributed by atoms with Crippen LogP contribution in [0.3, 0.4) is 0 Å². The molecule has 0 saturated heterocycles.